The minimum atomic E-state index is -3.68. The Kier molecular flexibility index (Phi) is 11.8. The molecular formula is C25H32Cl3N3O4S. The molecule has 2 rings (SSSR count). The van der Waals surface area contributed by atoms with Crippen LogP contribution in [0.1, 0.15) is 45.1 Å². The minimum absolute atomic E-state index is 0.0260. The molecule has 0 aromatic heterocycles. The fourth-order valence-corrected chi connectivity index (χ4v) is 5.26. The fourth-order valence-electron chi connectivity index (χ4n) is 3.73. The van der Waals surface area contributed by atoms with Gasteiger partial charge < -0.3 is 10.2 Å². The van der Waals surface area contributed by atoms with Gasteiger partial charge in [0, 0.05) is 36.1 Å². The second-order valence-electron chi connectivity index (χ2n) is 8.40. The molecule has 198 valence electrons. The first kappa shape index (κ1) is 30.2. The maximum atomic E-state index is 13.4. The summed E-state index contributed by atoms with van der Waals surface area (Å²) in [5.41, 5.74) is 1.08. The molecule has 7 nitrogen and oxygen atoms in total. The highest BCUT2D eigenvalue weighted by atomic mass is 35.5. The molecule has 0 aliphatic heterocycles. The normalized spacial score (nSPS) is 12.2. The Balaban J connectivity index is 2.23. The summed E-state index contributed by atoms with van der Waals surface area (Å²) in [6, 6.07) is 11.0. The Morgan fingerprint density at radius 3 is 2.22 bits per heavy atom. The second kappa shape index (κ2) is 14.1. The maximum Gasteiger partial charge on any atom is 0.242 e. The number of carbonyl (C=O) groups excluding carboxylic acids is 2. The van der Waals surface area contributed by atoms with Crippen molar-refractivity contribution in [1.29, 1.82) is 0 Å². The molecule has 2 amide bonds. The van der Waals surface area contributed by atoms with Gasteiger partial charge in [-0.25, -0.2) is 8.42 Å². The van der Waals surface area contributed by atoms with Gasteiger partial charge in [0.2, 0.25) is 21.8 Å². The summed E-state index contributed by atoms with van der Waals surface area (Å²) in [5.74, 6) is -0.473. The van der Waals surface area contributed by atoms with Gasteiger partial charge >= 0.3 is 0 Å². The Morgan fingerprint density at radius 2 is 1.64 bits per heavy atom. The number of nitrogens with zero attached hydrogens (tertiary/aromatic N) is 2. The molecule has 11 heteroatoms. The van der Waals surface area contributed by atoms with Crippen LogP contribution in [0.5, 0.6) is 0 Å². The predicted octanol–water partition coefficient (Wildman–Crippen LogP) is 5.53. The number of nitrogens with one attached hydrogen (secondary N) is 1. The van der Waals surface area contributed by atoms with Gasteiger partial charge in [-0.05, 0) is 55.2 Å². The molecule has 0 fully saturated rings. The van der Waals surface area contributed by atoms with Crippen LogP contribution < -0.4 is 9.62 Å². The van der Waals surface area contributed by atoms with Gasteiger partial charge in [0.1, 0.15) is 6.04 Å². The lowest BCUT2D eigenvalue weighted by molar-refractivity contribution is -0.141. The van der Waals surface area contributed by atoms with E-state index < -0.39 is 16.1 Å². The van der Waals surface area contributed by atoms with Gasteiger partial charge in [0.15, 0.2) is 0 Å². The standard InChI is InChI=1S/C25H32Cl3N3O4S/c1-4-14-29-25(33)22(5-2)30(17-18-8-10-19(26)11-9-18)24(32)7-6-15-31(36(3,34)35)23-16-20(27)12-13-21(23)28/h8-13,16,22H,4-7,14-15,17H2,1-3H3,(H,29,33)/t22-/m0/s1. The van der Waals surface area contributed by atoms with Gasteiger partial charge in [0.05, 0.1) is 17.0 Å². The van der Waals surface area contributed by atoms with E-state index in [9.17, 15) is 18.0 Å². The summed E-state index contributed by atoms with van der Waals surface area (Å²) in [6.07, 6.45) is 2.54. The molecule has 0 spiro atoms. The quantitative estimate of drug-likeness (QED) is 0.340. The number of hydrogen-bond acceptors (Lipinski definition) is 4. The van der Waals surface area contributed by atoms with Crippen LogP contribution >= 0.6 is 34.8 Å². The van der Waals surface area contributed by atoms with Crippen molar-refractivity contribution in [2.45, 2.75) is 52.1 Å². The average Bonchev–Trinajstić information content (AvgIpc) is 2.82. The van der Waals surface area contributed by atoms with Crippen molar-refractivity contribution in [3.63, 3.8) is 0 Å². The van der Waals surface area contributed by atoms with Gasteiger partial charge in [-0.1, -0.05) is 60.8 Å². The Morgan fingerprint density at radius 1 is 1.00 bits per heavy atom. The molecule has 2 aromatic carbocycles. The van der Waals surface area contributed by atoms with E-state index in [0.717, 1.165) is 22.5 Å². The van der Waals surface area contributed by atoms with Crippen LogP contribution in [0.3, 0.4) is 0 Å². The summed E-state index contributed by atoms with van der Waals surface area (Å²) < 4.78 is 26.1. The molecule has 0 bridgehead atoms. The van der Waals surface area contributed by atoms with E-state index in [4.69, 9.17) is 34.8 Å². The van der Waals surface area contributed by atoms with E-state index in [1.807, 2.05) is 26.0 Å². The first-order valence-corrected chi connectivity index (χ1v) is 14.7. The molecule has 0 radical (unpaired) electrons. The van der Waals surface area contributed by atoms with Gasteiger partial charge in [-0.3, -0.25) is 13.9 Å². The molecule has 0 heterocycles. The van der Waals surface area contributed by atoms with Crippen molar-refractivity contribution in [2.24, 2.45) is 0 Å². The van der Waals surface area contributed by atoms with Crippen LogP contribution in [0.2, 0.25) is 15.1 Å². The summed E-state index contributed by atoms with van der Waals surface area (Å²) in [6.45, 7) is 4.58. The highest BCUT2D eigenvalue weighted by Gasteiger charge is 2.29. The largest absolute Gasteiger partial charge is 0.354 e. The highest BCUT2D eigenvalue weighted by molar-refractivity contribution is 7.92. The second-order valence-corrected chi connectivity index (χ2v) is 11.6. The number of rotatable bonds is 13. The van der Waals surface area contributed by atoms with E-state index in [-0.39, 0.29) is 48.5 Å². The third-order valence-corrected chi connectivity index (χ3v) is 7.52. The van der Waals surface area contributed by atoms with Crippen molar-refractivity contribution >= 4 is 62.3 Å². The Labute approximate surface area is 228 Å². The molecule has 1 atom stereocenters. The van der Waals surface area contributed by atoms with Crippen LogP contribution in [0.15, 0.2) is 42.5 Å². The van der Waals surface area contributed by atoms with E-state index in [0.29, 0.717) is 23.0 Å². The number of halogens is 3. The van der Waals surface area contributed by atoms with Crippen LogP contribution in [-0.2, 0) is 26.2 Å². The van der Waals surface area contributed by atoms with Crippen molar-refractivity contribution in [3.8, 4) is 0 Å². The molecule has 1 N–H and O–H groups in total. The monoisotopic (exact) mass is 575 g/mol. The number of carbonyl (C=O) groups is 2. The van der Waals surface area contributed by atoms with Crippen LogP contribution in [0.4, 0.5) is 5.69 Å². The lowest BCUT2D eigenvalue weighted by Crippen LogP contribution is -2.49. The zero-order chi connectivity index (χ0) is 26.9. The number of hydrogen-bond donors (Lipinski definition) is 1. The first-order valence-electron chi connectivity index (χ1n) is 11.7. The average molecular weight is 577 g/mol. The minimum Gasteiger partial charge on any atom is -0.354 e. The first-order chi connectivity index (χ1) is 17.0. The third-order valence-electron chi connectivity index (χ3n) is 5.53. The summed E-state index contributed by atoms with van der Waals surface area (Å²) >= 11 is 18.3. The highest BCUT2D eigenvalue weighted by Crippen LogP contribution is 2.31. The maximum absolute atomic E-state index is 13.4. The molecular weight excluding hydrogens is 545 g/mol. The van der Waals surface area contributed by atoms with Gasteiger partial charge in [0.25, 0.3) is 0 Å². The number of benzene rings is 2. The van der Waals surface area contributed by atoms with Gasteiger partial charge in [-0.15, -0.1) is 0 Å². The van der Waals surface area contributed by atoms with Crippen LogP contribution in [0.25, 0.3) is 0 Å². The van der Waals surface area contributed by atoms with Crippen molar-refractivity contribution in [1.82, 2.24) is 10.2 Å². The molecule has 0 aliphatic rings. The van der Waals surface area contributed by atoms with E-state index in [1.54, 1.807) is 23.1 Å². The van der Waals surface area contributed by atoms with Gasteiger partial charge in [-0.2, -0.15) is 0 Å². The zero-order valence-corrected chi connectivity index (χ0v) is 23.7. The summed E-state index contributed by atoms with van der Waals surface area (Å²) in [5, 5.41) is 4.03. The van der Waals surface area contributed by atoms with Crippen molar-refractivity contribution in [3.05, 3.63) is 63.1 Å². The fraction of sp³-hybridized carbons (Fsp3) is 0.440. The topological polar surface area (TPSA) is 86.8 Å². The lowest BCUT2D eigenvalue weighted by atomic mass is 10.1. The zero-order valence-electron chi connectivity index (χ0n) is 20.6. The summed E-state index contributed by atoms with van der Waals surface area (Å²) in [4.78, 5) is 27.8. The molecule has 0 aliphatic carbocycles. The molecule has 36 heavy (non-hydrogen) atoms. The predicted molar refractivity (Wildman–Crippen MR) is 147 cm³/mol. The third kappa shape index (κ3) is 8.83. The van der Waals surface area contributed by atoms with Crippen molar-refractivity contribution in [2.75, 3.05) is 23.7 Å². The van der Waals surface area contributed by atoms with E-state index >= 15 is 0 Å². The van der Waals surface area contributed by atoms with Crippen molar-refractivity contribution < 1.29 is 18.0 Å². The molecule has 2 aromatic rings. The van der Waals surface area contributed by atoms with Crippen LogP contribution in [-0.4, -0.2) is 50.5 Å². The summed E-state index contributed by atoms with van der Waals surface area (Å²) in [7, 11) is -3.68. The number of anilines is 1. The lowest BCUT2D eigenvalue weighted by Gasteiger charge is -2.31. The smallest absolute Gasteiger partial charge is 0.242 e. The number of amides is 2. The Bertz CT molecular complexity index is 1140. The number of sulfonamides is 1. The molecule has 0 saturated heterocycles. The SMILES string of the molecule is CCCNC(=O)[C@H](CC)N(Cc1ccc(Cl)cc1)C(=O)CCCN(c1cc(Cl)ccc1Cl)S(C)(=O)=O. The Hall–Kier alpha value is -2.00. The molecule has 0 saturated carbocycles. The van der Waals surface area contributed by atoms with E-state index in [1.165, 1.54) is 12.1 Å². The molecule has 0 unspecified atom stereocenters. The van der Waals surface area contributed by atoms with E-state index in [2.05, 4.69) is 5.32 Å². The van der Waals surface area contributed by atoms with Crippen LogP contribution in [0, 0.1) is 0 Å².